The van der Waals surface area contributed by atoms with Gasteiger partial charge in [0.1, 0.15) is 17.2 Å². The molecular weight excluding hydrogens is 288 g/mol. The quantitative estimate of drug-likeness (QED) is 0.911. The van der Waals surface area contributed by atoms with Crippen LogP contribution in [0.4, 0.5) is 0 Å². The normalized spacial score (nSPS) is 12.2. The molecule has 0 amide bonds. The van der Waals surface area contributed by atoms with Gasteiger partial charge < -0.3 is 14.4 Å². The molecule has 2 N–H and O–H groups in total. The van der Waals surface area contributed by atoms with Crippen LogP contribution < -0.4 is 4.18 Å². The molecule has 0 spiro atoms. The lowest BCUT2D eigenvalue weighted by molar-refractivity contribution is 0.467. The molecule has 0 aliphatic rings. The van der Waals surface area contributed by atoms with E-state index in [0.717, 1.165) is 0 Å². The highest BCUT2D eigenvalue weighted by atomic mass is 32.2. The lowest BCUT2D eigenvalue weighted by Crippen LogP contribution is -2.05. The highest BCUT2D eigenvalue weighted by Gasteiger charge is 2.14. The molecule has 0 saturated heterocycles. The first-order valence-corrected chi connectivity index (χ1v) is 7.57. The monoisotopic (exact) mass is 306 g/mol. The first-order chi connectivity index (χ1) is 9.79. The van der Waals surface area contributed by atoms with Crippen LogP contribution in [0.2, 0.25) is 0 Å². The SMILES string of the molecule is Cc1cc(OS(=O)c2cc(C)c(O)cc2C)c(C)cc1O. The zero-order valence-corrected chi connectivity index (χ0v) is 13.2. The van der Waals surface area contributed by atoms with Gasteiger partial charge in [-0.05, 0) is 74.2 Å². The number of rotatable bonds is 3. The molecule has 0 heterocycles. The van der Waals surface area contributed by atoms with Crippen LogP contribution in [0.1, 0.15) is 22.3 Å². The van der Waals surface area contributed by atoms with Crippen LogP contribution in [0.3, 0.4) is 0 Å². The molecule has 0 saturated carbocycles. The molecule has 2 rings (SSSR count). The summed E-state index contributed by atoms with van der Waals surface area (Å²) >= 11 is -1.68. The van der Waals surface area contributed by atoms with E-state index in [1.165, 1.54) is 0 Å². The van der Waals surface area contributed by atoms with E-state index in [-0.39, 0.29) is 11.5 Å². The Hall–Kier alpha value is -2.01. The number of hydrogen-bond acceptors (Lipinski definition) is 4. The van der Waals surface area contributed by atoms with Crippen LogP contribution >= 0.6 is 0 Å². The average molecular weight is 306 g/mol. The number of phenols is 2. The van der Waals surface area contributed by atoms with Gasteiger partial charge in [0.25, 0.3) is 0 Å². The standard InChI is InChI=1S/C16H18O4S/c1-9-7-15(11(3)5-13(9)17)20-21(19)16-8-10(2)14(18)6-12(16)4/h5-8,17-18H,1-4H3. The van der Waals surface area contributed by atoms with E-state index in [1.807, 2.05) is 0 Å². The summed E-state index contributed by atoms with van der Waals surface area (Å²) in [7, 11) is 0. The predicted octanol–water partition coefficient (Wildman–Crippen LogP) is 3.43. The number of aromatic hydroxyl groups is 2. The maximum absolute atomic E-state index is 12.4. The predicted molar refractivity (Wildman–Crippen MR) is 82.2 cm³/mol. The maximum Gasteiger partial charge on any atom is 0.240 e. The molecule has 0 aliphatic carbocycles. The number of hydrogen-bond donors (Lipinski definition) is 2. The highest BCUT2D eigenvalue weighted by Crippen LogP contribution is 2.30. The number of phenolic OH excluding ortho intramolecular Hbond substituents is 2. The maximum atomic E-state index is 12.4. The van der Waals surface area contributed by atoms with Crippen molar-refractivity contribution in [3.05, 3.63) is 46.5 Å². The van der Waals surface area contributed by atoms with Crippen molar-refractivity contribution in [1.29, 1.82) is 0 Å². The van der Waals surface area contributed by atoms with Gasteiger partial charge in [0, 0.05) is 0 Å². The summed E-state index contributed by atoms with van der Waals surface area (Å²) in [5.41, 5.74) is 2.71. The smallest absolute Gasteiger partial charge is 0.240 e. The van der Waals surface area contributed by atoms with E-state index in [2.05, 4.69) is 0 Å². The zero-order valence-electron chi connectivity index (χ0n) is 12.4. The summed E-state index contributed by atoms with van der Waals surface area (Å²) in [4.78, 5) is 0.524. The van der Waals surface area contributed by atoms with E-state index >= 15 is 0 Å². The minimum Gasteiger partial charge on any atom is -0.508 e. The van der Waals surface area contributed by atoms with Gasteiger partial charge in [0.15, 0.2) is 0 Å². The fraction of sp³-hybridized carbons (Fsp3) is 0.250. The molecule has 0 fully saturated rings. The minimum atomic E-state index is -1.68. The van der Waals surface area contributed by atoms with Gasteiger partial charge in [-0.3, -0.25) is 0 Å². The van der Waals surface area contributed by atoms with E-state index in [4.69, 9.17) is 4.18 Å². The molecule has 2 aromatic rings. The van der Waals surface area contributed by atoms with Crippen molar-refractivity contribution in [3.63, 3.8) is 0 Å². The van der Waals surface area contributed by atoms with E-state index in [1.54, 1.807) is 52.0 Å². The first-order valence-electron chi connectivity index (χ1n) is 6.50. The molecule has 0 aliphatic heterocycles. The molecule has 21 heavy (non-hydrogen) atoms. The zero-order chi connectivity index (χ0) is 15.7. The van der Waals surface area contributed by atoms with Crippen LogP contribution in [0, 0.1) is 27.7 Å². The Morgan fingerprint density at radius 3 is 1.95 bits per heavy atom. The summed E-state index contributed by atoms with van der Waals surface area (Å²) in [6, 6.07) is 6.46. The fourth-order valence-electron chi connectivity index (χ4n) is 1.94. The van der Waals surface area contributed by atoms with Crippen LogP contribution in [0.25, 0.3) is 0 Å². The summed E-state index contributed by atoms with van der Waals surface area (Å²) in [6.07, 6.45) is 0. The van der Waals surface area contributed by atoms with Gasteiger partial charge in [-0.1, -0.05) is 0 Å². The molecule has 0 radical (unpaired) electrons. The van der Waals surface area contributed by atoms with Crippen molar-refractivity contribution in [2.24, 2.45) is 0 Å². The second-order valence-electron chi connectivity index (χ2n) is 5.13. The van der Waals surface area contributed by atoms with Crippen LogP contribution in [0.15, 0.2) is 29.2 Å². The van der Waals surface area contributed by atoms with Crippen LogP contribution in [-0.4, -0.2) is 14.4 Å². The number of aryl methyl sites for hydroxylation is 4. The molecule has 1 atom stereocenters. The largest absolute Gasteiger partial charge is 0.508 e. The van der Waals surface area contributed by atoms with Gasteiger partial charge in [0.2, 0.25) is 11.1 Å². The molecular formula is C16H18O4S. The minimum absolute atomic E-state index is 0.171. The highest BCUT2D eigenvalue weighted by molar-refractivity contribution is 7.80. The third-order valence-corrected chi connectivity index (χ3v) is 4.46. The lowest BCUT2D eigenvalue weighted by Gasteiger charge is -2.12. The van der Waals surface area contributed by atoms with E-state index in [9.17, 15) is 14.4 Å². The van der Waals surface area contributed by atoms with Crippen molar-refractivity contribution in [1.82, 2.24) is 0 Å². The van der Waals surface area contributed by atoms with E-state index in [0.29, 0.717) is 32.9 Å². The summed E-state index contributed by atoms with van der Waals surface area (Å²) in [5, 5.41) is 19.3. The van der Waals surface area contributed by atoms with Crippen LogP contribution in [-0.2, 0) is 11.1 Å². The van der Waals surface area contributed by atoms with Gasteiger partial charge in [-0.2, -0.15) is 0 Å². The van der Waals surface area contributed by atoms with Crippen molar-refractivity contribution in [3.8, 4) is 17.2 Å². The van der Waals surface area contributed by atoms with Crippen molar-refractivity contribution >= 4 is 11.1 Å². The van der Waals surface area contributed by atoms with Crippen LogP contribution in [0.5, 0.6) is 17.2 Å². The Kier molecular flexibility index (Phi) is 4.23. The van der Waals surface area contributed by atoms with Crippen molar-refractivity contribution in [2.45, 2.75) is 32.6 Å². The second-order valence-corrected chi connectivity index (χ2v) is 6.20. The van der Waals surface area contributed by atoms with Gasteiger partial charge >= 0.3 is 0 Å². The van der Waals surface area contributed by atoms with E-state index < -0.39 is 11.1 Å². The Morgan fingerprint density at radius 2 is 1.33 bits per heavy atom. The average Bonchev–Trinajstić information content (AvgIpc) is 2.40. The van der Waals surface area contributed by atoms with Gasteiger partial charge in [-0.25, -0.2) is 4.21 Å². The van der Waals surface area contributed by atoms with Gasteiger partial charge in [-0.15, -0.1) is 0 Å². The summed E-state index contributed by atoms with van der Waals surface area (Å²) in [5.74, 6) is 0.820. The molecule has 2 aromatic carbocycles. The van der Waals surface area contributed by atoms with Gasteiger partial charge in [0.05, 0.1) is 4.90 Å². The number of benzene rings is 2. The Balaban J connectivity index is 2.35. The third kappa shape index (κ3) is 3.19. The molecule has 5 heteroatoms. The second kappa shape index (κ2) is 5.77. The third-order valence-electron chi connectivity index (χ3n) is 3.33. The van der Waals surface area contributed by atoms with Crippen molar-refractivity contribution < 1.29 is 18.6 Å². The molecule has 0 aromatic heterocycles. The lowest BCUT2D eigenvalue weighted by atomic mass is 10.1. The van der Waals surface area contributed by atoms with Crippen molar-refractivity contribution in [2.75, 3.05) is 0 Å². The molecule has 0 bridgehead atoms. The summed E-state index contributed by atoms with van der Waals surface area (Å²) < 4.78 is 17.9. The first kappa shape index (κ1) is 15.4. The molecule has 112 valence electrons. The topological polar surface area (TPSA) is 66.8 Å². The molecule has 4 nitrogen and oxygen atoms in total. The Labute approximate surface area is 126 Å². The summed E-state index contributed by atoms with van der Waals surface area (Å²) in [6.45, 7) is 7.04. The Bertz CT molecular complexity index is 723. The fourth-order valence-corrected chi connectivity index (χ4v) is 2.97. The molecule has 1 unspecified atom stereocenters. The Morgan fingerprint density at radius 1 is 0.810 bits per heavy atom.